The number of rotatable bonds is 11. The summed E-state index contributed by atoms with van der Waals surface area (Å²) in [5, 5.41) is 8.64. The second kappa shape index (κ2) is 15.2. The van der Waals surface area contributed by atoms with Crippen molar-refractivity contribution in [2.45, 2.75) is 78.5 Å². The van der Waals surface area contributed by atoms with Crippen molar-refractivity contribution < 1.29 is 23.9 Å². The molecular formula is C38H42N6O5. The third-order valence-corrected chi connectivity index (χ3v) is 8.34. The summed E-state index contributed by atoms with van der Waals surface area (Å²) in [6.07, 6.45) is 2.73. The largest absolute Gasteiger partial charge is 0.461 e. The van der Waals surface area contributed by atoms with Crippen molar-refractivity contribution >= 4 is 17.8 Å². The van der Waals surface area contributed by atoms with E-state index >= 15 is 0 Å². The van der Waals surface area contributed by atoms with Crippen LogP contribution in [0.25, 0.3) is 27.3 Å². The molecule has 1 atom stereocenters. The molecule has 4 aromatic rings. The van der Waals surface area contributed by atoms with Gasteiger partial charge >= 0.3 is 11.9 Å². The summed E-state index contributed by atoms with van der Waals surface area (Å²) in [6.45, 7) is 9.62. The van der Waals surface area contributed by atoms with E-state index in [-0.39, 0.29) is 42.4 Å². The molecule has 0 fully saturated rings. The zero-order valence-electron chi connectivity index (χ0n) is 28.7. The number of carbonyl (C=O) groups excluding carboxylic acids is 3. The van der Waals surface area contributed by atoms with Crippen molar-refractivity contribution in [2.75, 3.05) is 13.2 Å². The minimum absolute atomic E-state index is 0.0689. The van der Waals surface area contributed by atoms with Crippen molar-refractivity contribution in [3.63, 3.8) is 0 Å². The van der Waals surface area contributed by atoms with Crippen LogP contribution in [0, 0.1) is 0 Å². The van der Waals surface area contributed by atoms with E-state index in [4.69, 9.17) is 14.6 Å². The number of aromatic nitrogens is 2. The zero-order valence-corrected chi connectivity index (χ0v) is 28.7. The van der Waals surface area contributed by atoms with Gasteiger partial charge in [-0.15, -0.1) is 0 Å². The van der Waals surface area contributed by atoms with Crippen molar-refractivity contribution in [1.29, 1.82) is 0 Å². The number of fused-ring (bicyclic) bond motifs is 1. The molecule has 0 saturated carbocycles. The van der Waals surface area contributed by atoms with E-state index in [9.17, 15) is 19.9 Å². The van der Waals surface area contributed by atoms with Gasteiger partial charge < -0.3 is 14.4 Å². The zero-order chi connectivity index (χ0) is 35.1. The van der Waals surface area contributed by atoms with Gasteiger partial charge in [-0.1, -0.05) is 67.0 Å². The molecule has 2 heterocycles. The van der Waals surface area contributed by atoms with Crippen LogP contribution in [0.3, 0.4) is 0 Å². The summed E-state index contributed by atoms with van der Waals surface area (Å²) in [5.41, 5.74) is 13.3. The average Bonchev–Trinajstić information content (AvgIpc) is 3.47. The van der Waals surface area contributed by atoms with E-state index < -0.39 is 23.6 Å². The van der Waals surface area contributed by atoms with Crippen molar-refractivity contribution in [1.82, 2.24) is 14.7 Å². The Kier molecular flexibility index (Phi) is 10.8. The monoisotopic (exact) mass is 662 g/mol. The molecule has 0 saturated heterocycles. The number of unbranched alkanes of at least 4 members (excludes halogenated alkanes) is 1. The fraction of sp³-hybridized carbons (Fsp3) is 0.368. The first-order valence-corrected chi connectivity index (χ1v) is 16.7. The smallest absolute Gasteiger partial charge is 0.359 e. The van der Waals surface area contributed by atoms with Crippen LogP contribution < -0.4 is 0 Å². The van der Waals surface area contributed by atoms with Crippen molar-refractivity contribution in [3.8, 4) is 16.8 Å². The highest BCUT2D eigenvalue weighted by Gasteiger charge is 2.34. The molecule has 0 N–H and O–H groups in total. The Labute approximate surface area is 286 Å². The second-order valence-corrected chi connectivity index (χ2v) is 13.0. The Morgan fingerprint density at radius 3 is 2.37 bits per heavy atom. The number of benzene rings is 3. The number of azide groups is 1. The van der Waals surface area contributed by atoms with Crippen LogP contribution in [0.15, 0.2) is 77.9 Å². The van der Waals surface area contributed by atoms with Crippen LogP contribution in [0.1, 0.15) is 95.5 Å². The molecular weight excluding hydrogens is 620 g/mol. The number of hydrogen-bond acceptors (Lipinski definition) is 7. The lowest BCUT2D eigenvalue weighted by molar-refractivity contribution is 0.00692. The molecule has 3 aromatic carbocycles. The van der Waals surface area contributed by atoms with Gasteiger partial charge in [-0.25, -0.2) is 14.3 Å². The summed E-state index contributed by atoms with van der Waals surface area (Å²) in [7, 11) is 0. The van der Waals surface area contributed by atoms with Crippen LogP contribution in [0.2, 0.25) is 0 Å². The molecule has 11 nitrogen and oxygen atoms in total. The van der Waals surface area contributed by atoms with Crippen LogP contribution in [-0.4, -0.2) is 57.3 Å². The summed E-state index contributed by atoms with van der Waals surface area (Å²) in [6, 6.07) is 21.8. The lowest BCUT2D eigenvalue weighted by Gasteiger charge is -2.37. The van der Waals surface area contributed by atoms with Gasteiger partial charge in [0.2, 0.25) is 0 Å². The Morgan fingerprint density at radius 2 is 1.69 bits per heavy atom. The number of carbonyl (C=O) groups is 3. The molecule has 0 unspecified atom stereocenters. The summed E-state index contributed by atoms with van der Waals surface area (Å²) >= 11 is 0. The number of nitrogens with zero attached hydrogens (tertiary/aromatic N) is 6. The Morgan fingerprint density at radius 1 is 0.980 bits per heavy atom. The Bertz CT molecular complexity index is 1890. The predicted octanol–water partition coefficient (Wildman–Crippen LogP) is 7.89. The maximum absolute atomic E-state index is 14.9. The average molecular weight is 663 g/mol. The lowest BCUT2D eigenvalue weighted by atomic mass is 9.90. The lowest BCUT2D eigenvalue weighted by Crippen LogP contribution is -2.46. The number of hydrogen-bond donors (Lipinski definition) is 0. The van der Waals surface area contributed by atoms with Gasteiger partial charge in [0.05, 0.1) is 23.6 Å². The molecule has 1 aromatic heterocycles. The molecule has 1 aliphatic rings. The van der Waals surface area contributed by atoms with Gasteiger partial charge in [0.15, 0.2) is 5.69 Å². The molecule has 0 aliphatic carbocycles. The first-order valence-electron chi connectivity index (χ1n) is 16.7. The highest BCUT2D eigenvalue weighted by Crippen LogP contribution is 2.37. The maximum atomic E-state index is 14.9. The van der Waals surface area contributed by atoms with Crippen LogP contribution >= 0.6 is 0 Å². The minimum Gasteiger partial charge on any atom is -0.461 e. The highest BCUT2D eigenvalue weighted by molar-refractivity contribution is 6.07. The molecule has 0 spiro atoms. The molecule has 0 radical (unpaired) electrons. The van der Waals surface area contributed by atoms with Crippen molar-refractivity contribution in [3.05, 3.63) is 117 Å². The van der Waals surface area contributed by atoms with E-state index in [1.807, 2.05) is 54.6 Å². The fourth-order valence-corrected chi connectivity index (χ4v) is 6.11. The van der Waals surface area contributed by atoms with E-state index in [0.29, 0.717) is 24.0 Å². The number of ether oxygens (including phenoxy) is 2. The summed E-state index contributed by atoms with van der Waals surface area (Å²) in [5.74, 6) is -1.58. The SMILES string of the molecule is CCCCc1c(-c2ccc(C(=O)OC(C)(C)C)cc2C(=O)N2Cc3ccccc3C[C@H]2CN=[N+]=[N-])c(C(=O)OCC)nn1-c1ccccc1. The predicted molar refractivity (Wildman–Crippen MR) is 187 cm³/mol. The molecule has 254 valence electrons. The van der Waals surface area contributed by atoms with E-state index in [1.165, 1.54) is 6.07 Å². The Balaban J connectivity index is 1.77. The van der Waals surface area contributed by atoms with E-state index in [0.717, 1.165) is 35.3 Å². The van der Waals surface area contributed by atoms with E-state index in [1.54, 1.807) is 49.4 Å². The van der Waals surface area contributed by atoms with Crippen LogP contribution in [0.4, 0.5) is 0 Å². The van der Waals surface area contributed by atoms with Gasteiger partial charge in [0.1, 0.15) is 5.60 Å². The third kappa shape index (κ3) is 7.84. The van der Waals surface area contributed by atoms with Gasteiger partial charge in [-0.05, 0) is 93.4 Å². The van der Waals surface area contributed by atoms with E-state index in [2.05, 4.69) is 16.9 Å². The van der Waals surface area contributed by atoms with Gasteiger partial charge in [0.25, 0.3) is 5.91 Å². The number of esters is 2. The van der Waals surface area contributed by atoms with Crippen LogP contribution in [0.5, 0.6) is 0 Å². The van der Waals surface area contributed by atoms with Gasteiger partial charge in [-0.3, -0.25) is 4.79 Å². The topological polar surface area (TPSA) is 139 Å². The van der Waals surface area contributed by atoms with Gasteiger partial charge in [-0.2, -0.15) is 5.10 Å². The summed E-state index contributed by atoms with van der Waals surface area (Å²) < 4.78 is 12.9. The molecule has 5 rings (SSSR count). The fourth-order valence-electron chi connectivity index (χ4n) is 6.11. The Hall–Kier alpha value is -5.41. The standard InChI is InChI=1S/C38H42N6O5/c1-6-8-18-32-33(34(37(47)48-7-2)41-44(32)28-16-10-9-11-17-28)30-20-19-26(36(46)49-38(3,4)5)22-31(30)35(45)43-24-27-15-13-12-14-25(27)21-29(43)23-40-42-39/h9-17,19-20,22,29H,6-8,18,21,23-24H2,1-5H3/t29-/m0/s1. The molecule has 11 heteroatoms. The number of amides is 1. The van der Waals surface area contributed by atoms with Gasteiger partial charge in [0, 0.05) is 35.2 Å². The first-order chi connectivity index (χ1) is 23.6. The highest BCUT2D eigenvalue weighted by atomic mass is 16.6. The number of para-hydroxylation sites is 1. The normalized spacial score (nSPS) is 14.1. The quantitative estimate of drug-likeness (QED) is 0.0692. The summed E-state index contributed by atoms with van der Waals surface area (Å²) in [4.78, 5) is 46.6. The third-order valence-electron chi connectivity index (χ3n) is 8.34. The second-order valence-electron chi connectivity index (χ2n) is 13.0. The molecule has 1 amide bonds. The molecule has 0 bridgehead atoms. The molecule has 49 heavy (non-hydrogen) atoms. The first kappa shape index (κ1) is 34.9. The maximum Gasteiger partial charge on any atom is 0.359 e. The van der Waals surface area contributed by atoms with Crippen LogP contribution in [-0.2, 0) is 28.9 Å². The minimum atomic E-state index is -0.766. The van der Waals surface area contributed by atoms with Crippen molar-refractivity contribution in [2.24, 2.45) is 5.11 Å². The molecule has 1 aliphatic heterocycles.